The van der Waals surface area contributed by atoms with Crippen molar-refractivity contribution in [2.24, 2.45) is 5.41 Å². The summed E-state index contributed by atoms with van der Waals surface area (Å²) in [5, 5.41) is 10.7. The second-order valence-corrected chi connectivity index (χ2v) is 5.12. The Balaban J connectivity index is 2.86. The summed E-state index contributed by atoms with van der Waals surface area (Å²) in [6.07, 6.45) is 12.4. The van der Waals surface area contributed by atoms with Crippen molar-refractivity contribution in [1.29, 1.82) is 0 Å². The number of ether oxygens (including phenoxy) is 1. The SMILES string of the molecule is C#CC[C@]1(O)CCCC[C@]1(C)/C=C/C(=O)OCC. The van der Waals surface area contributed by atoms with Gasteiger partial charge in [0.25, 0.3) is 0 Å². The fraction of sp³-hybridized carbons (Fsp3) is 0.667. The molecule has 1 saturated carbocycles. The average molecular weight is 250 g/mol. The Bertz CT molecular complexity index is 366. The van der Waals surface area contributed by atoms with E-state index in [-0.39, 0.29) is 5.97 Å². The molecule has 3 nitrogen and oxygen atoms in total. The second-order valence-electron chi connectivity index (χ2n) is 5.12. The highest BCUT2D eigenvalue weighted by molar-refractivity contribution is 5.82. The topological polar surface area (TPSA) is 46.5 Å². The molecule has 2 atom stereocenters. The quantitative estimate of drug-likeness (QED) is 0.473. The normalized spacial score (nSPS) is 32.1. The van der Waals surface area contributed by atoms with Crippen LogP contribution in [0.3, 0.4) is 0 Å². The second kappa shape index (κ2) is 6.06. The molecule has 0 bridgehead atoms. The van der Waals surface area contributed by atoms with Crippen LogP contribution < -0.4 is 0 Å². The van der Waals surface area contributed by atoms with Crippen LogP contribution in [0.15, 0.2) is 12.2 Å². The van der Waals surface area contributed by atoms with E-state index in [1.54, 1.807) is 13.0 Å². The monoisotopic (exact) mass is 250 g/mol. The fourth-order valence-corrected chi connectivity index (χ4v) is 2.57. The zero-order chi connectivity index (χ0) is 13.6. The van der Waals surface area contributed by atoms with Gasteiger partial charge in [0.15, 0.2) is 0 Å². The number of hydrogen-bond acceptors (Lipinski definition) is 3. The first kappa shape index (κ1) is 14.8. The molecule has 0 unspecified atom stereocenters. The van der Waals surface area contributed by atoms with Crippen molar-refractivity contribution < 1.29 is 14.6 Å². The Morgan fingerprint density at radius 2 is 2.17 bits per heavy atom. The van der Waals surface area contributed by atoms with Crippen LogP contribution in [0.4, 0.5) is 0 Å². The van der Waals surface area contributed by atoms with Crippen molar-refractivity contribution in [1.82, 2.24) is 0 Å². The molecular weight excluding hydrogens is 228 g/mol. The van der Waals surface area contributed by atoms with Crippen LogP contribution >= 0.6 is 0 Å². The highest BCUT2D eigenvalue weighted by Gasteiger charge is 2.46. The lowest BCUT2D eigenvalue weighted by molar-refractivity contribution is -0.137. The van der Waals surface area contributed by atoms with Crippen LogP contribution in [-0.2, 0) is 9.53 Å². The molecular formula is C15H22O3. The number of carbonyl (C=O) groups is 1. The van der Waals surface area contributed by atoms with Gasteiger partial charge in [0, 0.05) is 17.9 Å². The molecule has 0 amide bonds. The zero-order valence-electron chi connectivity index (χ0n) is 11.2. The molecule has 0 saturated heterocycles. The number of aliphatic hydroxyl groups is 1. The lowest BCUT2D eigenvalue weighted by Gasteiger charge is -2.46. The predicted octanol–water partition coefficient (Wildman–Crippen LogP) is 2.44. The fourth-order valence-electron chi connectivity index (χ4n) is 2.57. The van der Waals surface area contributed by atoms with E-state index in [0.717, 1.165) is 19.3 Å². The van der Waals surface area contributed by atoms with Crippen LogP contribution in [0.1, 0.15) is 46.0 Å². The third kappa shape index (κ3) is 3.14. The van der Waals surface area contributed by atoms with Gasteiger partial charge in [0.2, 0.25) is 0 Å². The molecule has 0 aromatic heterocycles. The predicted molar refractivity (Wildman–Crippen MR) is 70.7 cm³/mol. The van der Waals surface area contributed by atoms with E-state index >= 15 is 0 Å². The van der Waals surface area contributed by atoms with E-state index in [0.29, 0.717) is 19.4 Å². The molecule has 1 aliphatic carbocycles. The lowest BCUT2D eigenvalue weighted by atomic mass is 9.63. The van der Waals surface area contributed by atoms with Crippen LogP contribution in [0.2, 0.25) is 0 Å². The smallest absolute Gasteiger partial charge is 0.330 e. The molecule has 0 aliphatic heterocycles. The molecule has 0 aromatic carbocycles. The van der Waals surface area contributed by atoms with Crippen molar-refractivity contribution >= 4 is 5.97 Å². The van der Waals surface area contributed by atoms with Gasteiger partial charge in [-0.15, -0.1) is 12.3 Å². The Morgan fingerprint density at radius 3 is 2.78 bits per heavy atom. The maximum atomic E-state index is 11.4. The molecule has 100 valence electrons. The van der Waals surface area contributed by atoms with E-state index in [1.165, 1.54) is 6.08 Å². The molecule has 18 heavy (non-hydrogen) atoms. The zero-order valence-corrected chi connectivity index (χ0v) is 11.2. The van der Waals surface area contributed by atoms with Gasteiger partial charge in [-0.1, -0.05) is 25.8 Å². The minimum Gasteiger partial charge on any atom is -0.463 e. The van der Waals surface area contributed by atoms with Gasteiger partial charge in [-0.05, 0) is 19.8 Å². The minimum absolute atomic E-state index is 0.316. The van der Waals surface area contributed by atoms with Crippen LogP contribution in [-0.4, -0.2) is 23.3 Å². The molecule has 1 fully saturated rings. The van der Waals surface area contributed by atoms with Gasteiger partial charge in [0.05, 0.1) is 12.2 Å². The lowest BCUT2D eigenvalue weighted by Crippen LogP contribution is -2.47. The minimum atomic E-state index is -0.914. The van der Waals surface area contributed by atoms with Crippen molar-refractivity contribution in [2.45, 2.75) is 51.6 Å². The standard InChI is InChI=1S/C15H22O3/c1-4-9-15(17)11-7-6-10-14(15,3)12-8-13(16)18-5-2/h1,8,12,17H,5-7,9-11H2,2-3H3/b12-8+/t14-,15+/m1/s1. The third-order valence-electron chi connectivity index (χ3n) is 3.87. The summed E-state index contributed by atoms with van der Waals surface area (Å²) in [5.41, 5.74) is -1.37. The van der Waals surface area contributed by atoms with Gasteiger partial charge in [-0.25, -0.2) is 4.79 Å². The van der Waals surface area contributed by atoms with Gasteiger partial charge in [-0.2, -0.15) is 0 Å². The van der Waals surface area contributed by atoms with Crippen LogP contribution in [0.25, 0.3) is 0 Å². The van der Waals surface area contributed by atoms with Gasteiger partial charge in [-0.3, -0.25) is 0 Å². The van der Waals surface area contributed by atoms with Crippen molar-refractivity contribution in [2.75, 3.05) is 6.61 Å². The summed E-state index contributed by atoms with van der Waals surface area (Å²) >= 11 is 0. The third-order valence-corrected chi connectivity index (χ3v) is 3.87. The summed E-state index contributed by atoms with van der Waals surface area (Å²) in [5.74, 6) is 2.18. The molecule has 0 radical (unpaired) electrons. The summed E-state index contributed by atoms with van der Waals surface area (Å²) in [7, 11) is 0. The Kier molecular flexibility index (Phi) is 4.98. The first-order valence-corrected chi connectivity index (χ1v) is 6.49. The summed E-state index contributed by atoms with van der Waals surface area (Å²) in [6.45, 7) is 4.08. The maximum Gasteiger partial charge on any atom is 0.330 e. The first-order chi connectivity index (χ1) is 8.47. The maximum absolute atomic E-state index is 11.4. The van der Waals surface area contributed by atoms with E-state index in [1.807, 2.05) is 6.92 Å². The highest BCUT2D eigenvalue weighted by atomic mass is 16.5. The molecule has 1 aliphatic rings. The van der Waals surface area contributed by atoms with E-state index in [2.05, 4.69) is 5.92 Å². The molecule has 1 rings (SSSR count). The highest BCUT2D eigenvalue weighted by Crippen LogP contribution is 2.47. The molecule has 0 spiro atoms. The molecule has 0 aromatic rings. The van der Waals surface area contributed by atoms with Crippen LogP contribution in [0, 0.1) is 17.8 Å². The number of hydrogen-bond donors (Lipinski definition) is 1. The Labute approximate surface area is 109 Å². The average Bonchev–Trinajstić information content (AvgIpc) is 2.32. The van der Waals surface area contributed by atoms with Gasteiger partial charge < -0.3 is 9.84 Å². The summed E-state index contributed by atoms with van der Waals surface area (Å²) < 4.78 is 4.86. The van der Waals surface area contributed by atoms with Gasteiger partial charge >= 0.3 is 5.97 Å². The first-order valence-electron chi connectivity index (χ1n) is 6.49. The molecule has 0 heterocycles. The van der Waals surface area contributed by atoms with Crippen molar-refractivity contribution in [3.05, 3.63) is 12.2 Å². The Hall–Kier alpha value is -1.27. The summed E-state index contributed by atoms with van der Waals surface area (Å²) in [4.78, 5) is 11.4. The van der Waals surface area contributed by atoms with Crippen molar-refractivity contribution in [3.8, 4) is 12.3 Å². The van der Waals surface area contributed by atoms with Crippen LogP contribution in [0.5, 0.6) is 0 Å². The number of terminal acetylenes is 1. The van der Waals surface area contributed by atoms with Gasteiger partial charge in [0.1, 0.15) is 0 Å². The van der Waals surface area contributed by atoms with E-state index in [4.69, 9.17) is 11.2 Å². The summed E-state index contributed by atoms with van der Waals surface area (Å²) in [6, 6.07) is 0. The van der Waals surface area contributed by atoms with Crippen molar-refractivity contribution in [3.63, 3.8) is 0 Å². The molecule has 1 N–H and O–H groups in total. The molecule has 3 heteroatoms. The number of esters is 1. The number of rotatable bonds is 4. The van der Waals surface area contributed by atoms with E-state index < -0.39 is 11.0 Å². The Morgan fingerprint density at radius 1 is 1.50 bits per heavy atom. The number of carbonyl (C=O) groups excluding carboxylic acids is 1. The largest absolute Gasteiger partial charge is 0.463 e. The van der Waals surface area contributed by atoms with E-state index in [9.17, 15) is 9.90 Å².